The highest BCUT2D eigenvalue weighted by atomic mass is 19.1. The molecule has 0 fully saturated rings. The van der Waals surface area contributed by atoms with Crippen LogP contribution in [-0.2, 0) is 24.3 Å². The van der Waals surface area contributed by atoms with Gasteiger partial charge in [0.2, 0.25) is 0 Å². The standard InChI is InChI=1S/C29H43FN4O/c1-6-8-17-34(20-27-25(7-2)15-16-33-29(27)32-5)23(4)28(31)19-22(3)10-9-18-35-21-24-11-13-26(30)14-12-24/h10-16,19,23H,6-9,17-18,20-21,31H2,1-5H3,(H,32,33)/b22-10-,28-19-. The van der Waals surface area contributed by atoms with E-state index in [0.717, 1.165) is 61.4 Å². The quantitative estimate of drug-likeness (QED) is 0.233. The van der Waals surface area contributed by atoms with Crippen LogP contribution < -0.4 is 11.1 Å². The van der Waals surface area contributed by atoms with Crippen molar-refractivity contribution in [3.8, 4) is 0 Å². The molecule has 5 nitrogen and oxygen atoms in total. The number of nitrogens with one attached hydrogen (secondary N) is 1. The van der Waals surface area contributed by atoms with E-state index >= 15 is 0 Å². The molecule has 3 N–H and O–H groups in total. The highest BCUT2D eigenvalue weighted by Gasteiger charge is 2.19. The average molecular weight is 483 g/mol. The lowest BCUT2D eigenvalue weighted by Crippen LogP contribution is -2.37. The van der Waals surface area contributed by atoms with Gasteiger partial charge in [0, 0.05) is 37.1 Å². The Morgan fingerprint density at radius 3 is 2.63 bits per heavy atom. The van der Waals surface area contributed by atoms with Crippen LogP contribution in [0.4, 0.5) is 10.2 Å². The fourth-order valence-corrected chi connectivity index (χ4v) is 4.02. The summed E-state index contributed by atoms with van der Waals surface area (Å²) in [4.78, 5) is 6.99. The lowest BCUT2D eigenvalue weighted by Gasteiger charge is -2.31. The molecule has 0 amide bonds. The minimum atomic E-state index is -0.229. The number of allylic oxidation sites excluding steroid dienone is 2. The summed E-state index contributed by atoms with van der Waals surface area (Å²) < 4.78 is 18.7. The Labute approximate surface area is 211 Å². The number of anilines is 1. The number of hydrogen-bond acceptors (Lipinski definition) is 5. The van der Waals surface area contributed by atoms with Crippen LogP contribution in [0.2, 0.25) is 0 Å². The summed E-state index contributed by atoms with van der Waals surface area (Å²) in [5.74, 6) is 0.713. The van der Waals surface area contributed by atoms with Gasteiger partial charge in [-0.1, -0.05) is 44.1 Å². The van der Waals surface area contributed by atoms with Crippen LogP contribution in [0.25, 0.3) is 0 Å². The molecule has 0 radical (unpaired) electrons. The van der Waals surface area contributed by atoms with Crippen molar-refractivity contribution in [2.75, 3.05) is 25.5 Å². The third kappa shape index (κ3) is 9.46. The number of nitrogens with two attached hydrogens (primary N) is 1. The van der Waals surface area contributed by atoms with Crippen molar-refractivity contribution in [3.05, 3.63) is 82.5 Å². The number of unbranched alkanes of at least 4 members (excludes halogenated alkanes) is 1. The van der Waals surface area contributed by atoms with E-state index in [1.54, 1.807) is 12.1 Å². The predicted octanol–water partition coefficient (Wildman–Crippen LogP) is 6.21. The van der Waals surface area contributed by atoms with Gasteiger partial charge in [0.15, 0.2) is 0 Å². The molecule has 0 bridgehead atoms. The van der Waals surface area contributed by atoms with E-state index < -0.39 is 0 Å². The molecular formula is C29H43FN4O. The number of rotatable bonds is 15. The maximum atomic E-state index is 13.0. The lowest BCUT2D eigenvalue weighted by molar-refractivity contribution is 0.125. The van der Waals surface area contributed by atoms with Crippen molar-refractivity contribution in [2.45, 2.75) is 72.6 Å². The first-order valence-corrected chi connectivity index (χ1v) is 12.7. The first kappa shape index (κ1) is 28.5. The second kappa shape index (κ2) is 15.3. The van der Waals surface area contributed by atoms with Crippen molar-refractivity contribution in [1.29, 1.82) is 0 Å². The molecule has 2 aromatic rings. The van der Waals surface area contributed by atoms with Crippen LogP contribution in [0, 0.1) is 5.82 Å². The Hall–Kier alpha value is -2.70. The molecule has 1 aromatic carbocycles. The minimum Gasteiger partial charge on any atom is -0.401 e. The zero-order valence-electron chi connectivity index (χ0n) is 22.1. The molecule has 0 aliphatic rings. The molecule has 192 valence electrons. The summed E-state index contributed by atoms with van der Waals surface area (Å²) in [6.45, 7) is 11.5. The Balaban J connectivity index is 2.00. The SMILES string of the molecule is CCCCN(Cc1c(CC)ccnc1NC)C(C)/C(N)=C/C(C)=C\CCOCc1ccc(F)cc1. The van der Waals surface area contributed by atoms with E-state index in [1.165, 1.54) is 23.3 Å². The average Bonchev–Trinajstić information content (AvgIpc) is 2.86. The normalized spacial score (nSPS) is 13.3. The number of ether oxygens (including phenoxy) is 1. The van der Waals surface area contributed by atoms with Crippen LogP contribution in [0.15, 0.2) is 60.0 Å². The van der Waals surface area contributed by atoms with Gasteiger partial charge in [-0.05, 0) is 75.1 Å². The van der Waals surface area contributed by atoms with Gasteiger partial charge in [-0.25, -0.2) is 9.37 Å². The van der Waals surface area contributed by atoms with Crippen molar-refractivity contribution in [2.24, 2.45) is 5.73 Å². The molecule has 0 saturated heterocycles. The first-order chi connectivity index (χ1) is 16.9. The largest absolute Gasteiger partial charge is 0.401 e. The van der Waals surface area contributed by atoms with Gasteiger partial charge in [-0.3, -0.25) is 4.90 Å². The van der Waals surface area contributed by atoms with E-state index in [-0.39, 0.29) is 11.9 Å². The number of halogens is 1. The number of aryl methyl sites for hydroxylation is 1. The molecule has 6 heteroatoms. The predicted molar refractivity (Wildman–Crippen MR) is 145 cm³/mol. The summed E-state index contributed by atoms with van der Waals surface area (Å²) in [6.07, 6.45) is 10.1. The summed E-state index contributed by atoms with van der Waals surface area (Å²) >= 11 is 0. The van der Waals surface area contributed by atoms with E-state index in [1.807, 2.05) is 13.2 Å². The number of aromatic nitrogens is 1. The monoisotopic (exact) mass is 482 g/mol. The van der Waals surface area contributed by atoms with Crippen molar-refractivity contribution in [1.82, 2.24) is 9.88 Å². The molecule has 2 rings (SSSR count). The summed E-state index contributed by atoms with van der Waals surface area (Å²) in [5, 5.41) is 3.26. The second-order valence-electron chi connectivity index (χ2n) is 8.96. The molecule has 0 spiro atoms. The Morgan fingerprint density at radius 1 is 1.23 bits per heavy atom. The zero-order valence-corrected chi connectivity index (χ0v) is 22.1. The van der Waals surface area contributed by atoms with E-state index in [9.17, 15) is 4.39 Å². The van der Waals surface area contributed by atoms with Crippen LogP contribution in [0.5, 0.6) is 0 Å². The van der Waals surface area contributed by atoms with Crippen LogP contribution in [0.1, 0.15) is 63.6 Å². The van der Waals surface area contributed by atoms with Crippen LogP contribution >= 0.6 is 0 Å². The van der Waals surface area contributed by atoms with Crippen molar-refractivity contribution >= 4 is 5.82 Å². The van der Waals surface area contributed by atoms with Gasteiger partial charge >= 0.3 is 0 Å². The summed E-state index contributed by atoms with van der Waals surface area (Å²) in [6, 6.07) is 8.63. The molecule has 1 unspecified atom stereocenters. The number of pyridine rings is 1. The molecule has 0 aliphatic carbocycles. The lowest BCUT2D eigenvalue weighted by atomic mass is 10.0. The third-order valence-corrected chi connectivity index (χ3v) is 6.27. The van der Waals surface area contributed by atoms with Crippen molar-refractivity contribution in [3.63, 3.8) is 0 Å². The summed E-state index contributed by atoms with van der Waals surface area (Å²) in [5.41, 5.74) is 12.1. The van der Waals surface area contributed by atoms with E-state index in [4.69, 9.17) is 10.5 Å². The fourth-order valence-electron chi connectivity index (χ4n) is 4.02. The van der Waals surface area contributed by atoms with Gasteiger partial charge in [-0.15, -0.1) is 0 Å². The second-order valence-corrected chi connectivity index (χ2v) is 8.96. The zero-order chi connectivity index (χ0) is 25.6. The molecule has 0 aliphatic heterocycles. The van der Waals surface area contributed by atoms with Crippen LogP contribution in [0.3, 0.4) is 0 Å². The molecule has 0 saturated carbocycles. The third-order valence-electron chi connectivity index (χ3n) is 6.27. The summed E-state index contributed by atoms with van der Waals surface area (Å²) in [7, 11) is 1.93. The molecule has 35 heavy (non-hydrogen) atoms. The molecule has 1 heterocycles. The Kier molecular flexibility index (Phi) is 12.5. The van der Waals surface area contributed by atoms with Crippen molar-refractivity contribution < 1.29 is 9.13 Å². The van der Waals surface area contributed by atoms with Gasteiger partial charge in [0.1, 0.15) is 11.6 Å². The number of benzene rings is 1. The van der Waals surface area contributed by atoms with Crippen LogP contribution in [-0.4, -0.2) is 36.1 Å². The van der Waals surface area contributed by atoms with E-state index in [0.29, 0.717) is 13.2 Å². The van der Waals surface area contributed by atoms with E-state index in [2.05, 4.69) is 61.1 Å². The Morgan fingerprint density at radius 2 is 1.97 bits per heavy atom. The Bertz CT molecular complexity index is 933. The highest BCUT2D eigenvalue weighted by molar-refractivity contribution is 5.48. The maximum absolute atomic E-state index is 13.0. The number of hydrogen-bond donors (Lipinski definition) is 2. The minimum absolute atomic E-state index is 0.106. The van der Waals surface area contributed by atoms with Gasteiger partial charge in [-0.2, -0.15) is 0 Å². The molecule has 1 atom stereocenters. The maximum Gasteiger partial charge on any atom is 0.130 e. The number of nitrogens with zero attached hydrogens (tertiary/aromatic N) is 2. The van der Waals surface area contributed by atoms with Gasteiger partial charge in [0.05, 0.1) is 13.2 Å². The molecular weight excluding hydrogens is 439 g/mol. The topological polar surface area (TPSA) is 63.4 Å². The fraction of sp³-hybridized carbons (Fsp3) is 0.483. The molecule has 1 aromatic heterocycles. The highest BCUT2D eigenvalue weighted by Crippen LogP contribution is 2.23. The van der Waals surface area contributed by atoms with Gasteiger partial charge in [0.25, 0.3) is 0 Å². The smallest absolute Gasteiger partial charge is 0.130 e. The van der Waals surface area contributed by atoms with Gasteiger partial charge < -0.3 is 15.8 Å². The first-order valence-electron chi connectivity index (χ1n) is 12.7.